The lowest BCUT2D eigenvalue weighted by molar-refractivity contribution is 0.0450. The van der Waals surface area contributed by atoms with Crippen LogP contribution < -0.4 is 0 Å². The number of hydrogen-bond acceptors (Lipinski definition) is 6. The molecule has 0 bridgehead atoms. The predicted molar refractivity (Wildman–Crippen MR) is 243 cm³/mol. The van der Waals surface area contributed by atoms with Crippen LogP contribution in [0.15, 0.2) is 47.4 Å². The summed E-state index contributed by atoms with van der Waals surface area (Å²) >= 11 is 0. The van der Waals surface area contributed by atoms with E-state index in [4.69, 9.17) is 9.47 Å². The average molecular weight is 831 g/mol. The molecule has 0 radical (unpaired) electrons. The van der Waals surface area contributed by atoms with E-state index in [0.29, 0.717) is 6.42 Å². The van der Waals surface area contributed by atoms with Crippen molar-refractivity contribution >= 4 is 22.1 Å². The van der Waals surface area contributed by atoms with Crippen molar-refractivity contribution in [2.45, 2.75) is 237 Å². The van der Waals surface area contributed by atoms with Gasteiger partial charge in [-0.2, -0.15) is 8.42 Å². The lowest BCUT2D eigenvalue weighted by Crippen LogP contribution is -2.16. The minimum Gasteiger partial charge on any atom is -0.462 e. The molecule has 0 aliphatic heterocycles. The Morgan fingerprint density at radius 1 is 0.448 bits per heavy atom. The van der Waals surface area contributed by atoms with Crippen LogP contribution in [-0.2, 0) is 19.6 Å². The number of ether oxygens (including phenoxy) is 2. The molecular formula is C50H86O7S. The molecule has 0 saturated heterocycles. The average Bonchev–Trinajstić information content (AvgIpc) is 3.21. The number of esters is 2. The normalized spacial score (nSPS) is 11.9. The van der Waals surface area contributed by atoms with E-state index in [1.165, 1.54) is 179 Å². The van der Waals surface area contributed by atoms with E-state index in [1.54, 1.807) is 0 Å². The summed E-state index contributed by atoms with van der Waals surface area (Å²) in [5, 5.41) is 0. The van der Waals surface area contributed by atoms with Gasteiger partial charge in [-0.1, -0.05) is 204 Å². The van der Waals surface area contributed by atoms with Crippen molar-refractivity contribution in [1.29, 1.82) is 0 Å². The van der Waals surface area contributed by atoms with Gasteiger partial charge in [0.2, 0.25) is 0 Å². The lowest BCUT2D eigenvalue weighted by atomic mass is 10.0. The van der Waals surface area contributed by atoms with Gasteiger partial charge >= 0.3 is 11.9 Å². The third-order valence-electron chi connectivity index (χ3n) is 11.2. The SMILES string of the molecule is C/C=C/CCCCCCCCCCCCCCCCCCOC(=O)c1ccc(S(=O)(=O)O)cc1C(=O)OCCCCCCCCCCCCCCCCCC/C=C/C. The quantitative estimate of drug-likeness (QED) is 0.0303. The van der Waals surface area contributed by atoms with Crippen molar-refractivity contribution in [1.82, 2.24) is 0 Å². The number of carbonyl (C=O) groups is 2. The number of carbonyl (C=O) groups excluding carboxylic acids is 2. The molecule has 0 aromatic heterocycles. The van der Waals surface area contributed by atoms with Crippen LogP contribution in [0.3, 0.4) is 0 Å². The van der Waals surface area contributed by atoms with Gasteiger partial charge in [-0.3, -0.25) is 4.55 Å². The standard InChI is InChI=1S/C50H86O7S/c1-3-5-7-9-11-13-15-17-19-21-23-25-27-29-31-33-35-37-39-43-56-49(51)47-42-41-46(58(53,54)55)45-48(47)50(52)57-44-40-38-36-34-32-30-28-26-24-22-20-18-16-14-12-10-8-6-4-2/h3-6,41-42,45H,7-40,43-44H2,1-2H3,(H,53,54,55)/b5-3+,6-4+. The van der Waals surface area contributed by atoms with Gasteiger partial charge in [0.25, 0.3) is 10.1 Å². The van der Waals surface area contributed by atoms with Crippen molar-refractivity contribution in [3.05, 3.63) is 53.6 Å². The Balaban J connectivity index is 2.14. The van der Waals surface area contributed by atoms with Gasteiger partial charge in [0, 0.05) is 0 Å². The van der Waals surface area contributed by atoms with Gasteiger partial charge in [-0.25, -0.2) is 9.59 Å². The highest BCUT2D eigenvalue weighted by atomic mass is 32.2. The first kappa shape index (κ1) is 53.6. The minimum atomic E-state index is -4.57. The van der Waals surface area contributed by atoms with Crippen LogP contribution in [0, 0.1) is 0 Å². The van der Waals surface area contributed by atoms with Crippen molar-refractivity contribution < 1.29 is 32.0 Å². The van der Waals surface area contributed by atoms with E-state index in [0.717, 1.165) is 50.7 Å². The summed E-state index contributed by atoms with van der Waals surface area (Å²) in [6.07, 6.45) is 51.2. The summed E-state index contributed by atoms with van der Waals surface area (Å²) in [5.41, 5.74) is -0.263. The zero-order valence-electron chi connectivity index (χ0n) is 37.3. The maximum atomic E-state index is 13.0. The van der Waals surface area contributed by atoms with Gasteiger partial charge in [0.1, 0.15) is 0 Å². The van der Waals surface area contributed by atoms with Crippen molar-refractivity contribution in [2.24, 2.45) is 0 Å². The van der Waals surface area contributed by atoms with Crippen LogP contribution in [0.2, 0.25) is 0 Å². The van der Waals surface area contributed by atoms with E-state index in [2.05, 4.69) is 38.2 Å². The van der Waals surface area contributed by atoms with Crippen LogP contribution >= 0.6 is 0 Å². The van der Waals surface area contributed by atoms with Crippen LogP contribution in [0.5, 0.6) is 0 Å². The zero-order chi connectivity index (χ0) is 42.2. The largest absolute Gasteiger partial charge is 0.462 e. The topological polar surface area (TPSA) is 107 Å². The Kier molecular flexibility index (Phi) is 35.8. The molecule has 0 unspecified atom stereocenters. The van der Waals surface area contributed by atoms with Crippen LogP contribution in [0.4, 0.5) is 0 Å². The third kappa shape index (κ3) is 31.5. The Morgan fingerprint density at radius 2 is 0.724 bits per heavy atom. The molecule has 0 amide bonds. The first-order valence-corrected chi connectivity index (χ1v) is 25.4. The summed E-state index contributed by atoms with van der Waals surface area (Å²) in [6.45, 7) is 4.59. The molecule has 0 fully saturated rings. The second kappa shape index (κ2) is 38.7. The van der Waals surface area contributed by atoms with Gasteiger partial charge in [-0.05, 0) is 70.6 Å². The number of unbranched alkanes of at least 4 members (excludes halogenated alkanes) is 32. The molecule has 58 heavy (non-hydrogen) atoms. The molecular weight excluding hydrogens is 745 g/mol. The molecule has 0 spiro atoms. The number of rotatable bonds is 41. The summed E-state index contributed by atoms with van der Waals surface area (Å²) in [5.74, 6) is -1.49. The van der Waals surface area contributed by atoms with Crippen molar-refractivity contribution in [3.63, 3.8) is 0 Å². The highest BCUT2D eigenvalue weighted by molar-refractivity contribution is 7.85. The molecule has 1 rings (SSSR count). The molecule has 1 aromatic rings. The first-order valence-electron chi connectivity index (χ1n) is 24.0. The minimum absolute atomic E-state index is 0.0562. The Morgan fingerprint density at radius 3 is 1.02 bits per heavy atom. The smallest absolute Gasteiger partial charge is 0.339 e. The summed E-state index contributed by atoms with van der Waals surface area (Å²) in [6, 6.07) is 3.32. The van der Waals surface area contributed by atoms with Crippen molar-refractivity contribution in [2.75, 3.05) is 13.2 Å². The predicted octanol–water partition coefficient (Wildman–Crippen LogP) is 15.7. The van der Waals surface area contributed by atoms with Crippen LogP contribution in [-0.4, -0.2) is 38.1 Å². The lowest BCUT2D eigenvalue weighted by Gasteiger charge is -2.11. The highest BCUT2D eigenvalue weighted by Crippen LogP contribution is 2.20. The number of benzene rings is 1. The fourth-order valence-electron chi connectivity index (χ4n) is 7.53. The van der Waals surface area contributed by atoms with Gasteiger partial charge in [0.15, 0.2) is 0 Å². The number of allylic oxidation sites excluding steroid dienone is 4. The Hall–Kier alpha value is -2.45. The second-order valence-electron chi connectivity index (χ2n) is 16.5. The Labute approximate surface area is 356 Å². The fourth-order valence-corrected chi connectivity index (χ4v) is 8.03. The van der Waals surface area contributed by atoms with E-state index < -0.39 is 27.0 Å². The molecule has 0 aliphatic rings. The third-order valence-corrected chi connectivity index (χ3v) is 12.0. The first-order chi connectivity index (χ1) is 28.3. The Bertz CT molecular complexity index is 1300. The molecule has 7 nitrogen and oxygen atoms in total. The maximum Gasteiger partial charge on any atom is 0.339 e. The second-order valence-corrected chi connectivity index (χ2v) is 17.9. The van der Waals surface area contributed by atoms with E-state index >= 15 is 0 Å². The van der Waals surface area contributed by atoms with E-state index in [1.807, 2.05) is 0 Å². The van der Waals surface area contributed by atoms with E-state index in [9.17, 15) is 22.6 Å². The molecule has 0 atom stereocenters. The summed E-state index contributed by atoms with van der Waals surface area (Å²) in [4.78, 5) is 25.5. The molecule has 1 N–H and O–H groups in total. The van der Waals surface area contributed by atoms with Crippen LogP contribution in [0.25, 0.3) is 0 Å². The molecule has 8 heteroatoms. The summed E-state index contributed by atoms with van der Waals surface area (Å²) in [7, 11) is -4.57. The molecule has 334 valence electrons. The molecule has 0 saturated carbocycles. The molecule has 1 aromatic carbocycles. The van der Waals surface area contributed by atoms with Gasteiger partial charge < -0.3 is 9.47 Å². The number of hydrogen-bond donors (Lipinski definition) is 1. The van der Waals surface area contributed by atoms with Gasteiger partial charge in [-0.15, -0.1) is 0 Å². The maximum absolute atomic E-state index is 13.0. The monoisotopic (exact) mass is 831 g/mol. The van der Waals surface area contributed by atoms with Crippen molar-refractivity contribution in [3.8, 4) is 0 Å². The molecule has 0 aliphatic carbocycles. The molecule has 0 heterocycles. The highest BCUT2D eigenvalue weighted by Gasteiger charge is 2.23. The zero-order valence-corrected chi connectivity index (χ0v) is 38.1. The summed E-state index contributed by atoms with van der Waals surface area (Å²) < 4.78 is 44.0. The van der Waals surface area contributed by atoms with Crippen LogP contribution in [0.1, 0.15) is 253 Å². The van der Waals surface area contributed by atoms with Gasteiger partial charge in [0.05, 0.1) is 29.2 Å². The fraction of sp³-hybridized carbons (Fsp3) is 0.760. The van der Waals surface area contributed by atoms with E-state index in [-0.39, 0.29) is 24.3 Å².